The number of halogens is 2. The van der Waals surface area contributed by atoms with Gasteiger partial charge in [-0.2, -0.15) is 4.98 Å². The molecule has 1 aromatic heterocycles. The van der Waals surface area contributed by atoms with E-state index in [0.29, 0.717) is 50.0 Å². The van der Waals surface area contributed by atoms with E-state index in [-0.39, 0.29) is 33.4 Å². The smallest absolute Gasteiger partial charge is 0.321 e. The minimum atomic E-state index is -3.98. The molecule has 1 saturated heterocycles. The van der Waals surface area contributed by atoms with Crippen LogP contribution in [0.4, 0.5) is 22.0 Å². The van der Waals surface area contributed by atoms with Crippen molar-refractivity contribution in [1.29, 1.82) is 0 Å². The van der Waals surface area contributed by atoms with Crippen molar-refractivity contribution in [2.75, 3.05) is 47.5 Å². The molecule has 2 amide bonds. The van der Waals surface area contributed by atoms with E-state index >= 15 is 0 Å². The summed E-state index contributed by atoms with van der Waals surface area (Å²) in [5.41, 5.74) is 6.73. The second-order valence-electron chi connectivity index (χ2n) is 10.9. The van der Waals surface area contributed by atoms with Crippen LogP contribution >= 0.6 is 34.2 Å². The zero-order chi connectivity index (χ0) is 29.6. The average molecular weight is 742 g/mol. The Labute approximate surface area is 256 Å². The number of hydrogen-bond donors (Lipinski definition) is 3. The maximum absolute atomic E-state index is 14.3. The van der Waals surface area contributed by atoms with Crippen LogP contribution in [0.25, 0.3) is 0 Å². The molecule has 1 aliphatic heterocycles. The summed E-state index contributed by atoms with van der Waals surface area (Å²) >= 11 is 7.98. The highest BCUT2D eigenvalue weighted by Gasteiger charge is 2.24. The Balaban J connectivity index is 1.84. The lowest BCUT2D eigenvalue weighted by Gasteiger charge is -2.18. The fourth-order valence-corrected chi connectivity index (χ4v) is 11.9. The Morgan fingerprint density at radius 1 is 1.15 bits per heavy atom. The predicted octanol–water partition coefficient (Wildman–Crippen LogP) is 5.33. The van der Waals surface area contributed by atoms with E-state index in [2.05, 4.69) is 66.6 Å². The van der Waals surface area contributed by atoms with E-state index < -0.39 is 27.8 Å². The van der Waals surface area contributed by atoms with E-state index in [9.17, 15) is 17.4 Å². The van der Waals surface area contributed by atoms with Crippen molar-refractivity contribution in [3.63, 3.8) is 0 Å². The molecule has 0 bridgehead atoms. The van der Waals surface area contributed by atoms with Gasteiger partial charge in [0.25, 0.3) is 10.0 Å². The number of nitrogen functional groups attached to an aromatic ring is 1. The Bertz CT molecular complexity index is 1440. The number of anilines is 3. The summed E-state index contributed by atoms with van der Waals surface area (Å²) in [6.07, 6.45) is 4.47. The first kappa shape index (κ1) is 32.8. The Hall–Kier alpha value is -1.69. The number of carbonyl (C=O) groups excluding carboxylic acids is 1. The number of rotatable bonds is 12. The number of hydrogen-bond acceptors (Lipinski definition) is 8. The molecule has 16 heteroatoms. The number of nitrogens with zero attached hydrogens (tertiary/aromatic N) is 4. The van der Waals surface area contributed by atoms with Crippen LogP contribution in [0.15, 0.2) is 33.1 Å². The van der Waals surface area contributed by atoms with E-state index in [1.54, 1.807) is 17.2 Å². The summed E-state index contributed by atoms with van der Waals surface area (Å²) in [6, 6.07) is 4.80. The zero-order valence-corrected chi connectivity index (χ0v) is 28.5. The van der Waals surface area contributed by atoms with Gasteiger partial charge in [0.05, 0.1) is 23.9 Å². The summed E-state index contributed by atoms with van der Waals surface area (Å²) < 4.78 is 45.3. The number of amides is 2. The van der Waals surface area contributed by atoms with Crippen LogP contribution in [0, 0.1) is 3.57 Å². The molecule has 1 unspecified atom stereocenters. The van der Waals surface area contributed by atoms with Gasteiger partial charge in [-0.15, -0.1) is 3.77 Å². The maximum Gasteiger partial charge on any atom is 0.321 e. The van der Waals surface area contributed by atoms with Gasteiger partial charge in [0.15, 0.2) is 0 Å². The van der Waals surface area contributed by atoms with Crippen molar-refractivity contribution < 1.29 is 17.4 Å². The van der Waals surface area contributed by atoms with Crippen molar-refractivity contribution >= 4 is 85.2 Å². The lowest BCUT2D eigenvalue weighted by Crippen LogP contribution is -2.32. The molecule has 222 valence electrons. The third kappa shape index (κ3) is 10.3. The highest BCUT2D eigenvalue weighted by Crippen LogP contribution is 2.26. The van der Waals surface area contributed by atoms with Crippen LogP contribution in [0.2, 0.25) is 31.0 Å². The topological polar surface area (TPSA) is 160 Å². The first-order valence-corrected chi connectivity index (χ1v) is 21.5. The van der Waals surface area contributed by atoms with Crippen LogP contribution in [0.1, 0.15) is 25.7 Å². The number of nitrogens with one attached hydrogen (secondary N) is 2. The number of benzene rings is 1. The first-order valence-electron chi connectivity index (χ1n) is 13.0. The highest BCUT2D eigenvalue weighted by atomic mass is 127. The van der Waals surface area contributed by atoms with Crippen LogP contribution in [-0.2, 0) is 19.8 Å². The second-order valence-corrected chi connectivity index (χ2v) is 22.4. The molecule has 0 spiro atoms. The number of carbonyl (C=O) groups is 1. The van der Waals surface area contributed by atoms with Gasteiger partial charge in [0.1, 0.15) is 5.82 Å². The summed E-state index contributed by atoms with van der Waals surface area (Å²) in [4.78, 5) is 22.6. The summed E-state index contributed by atoms with van der Waals surface area (Å²) in [7, 11) is -9.08. The van der Waals surface area contributed by atoms with Crippen molar-refractivity contribution in [2.45, 2.75) is 56.3 Å². The predicted molar refractivity (Wildman–Crippen MR) is 174 cm³/mol. The van der Waals surface area contributed by atoms with E-state index in [1.807, 2.05) is 0 Å². The quantitative estimate of drug-likeness (QED) is 0.0866. The molecular formula is C24H37ClIN7O4S2Si. The van der Waals surface area contributed by atoms with Gasteiger partial charge in [-0.3, -0.25) is 0 Å². The monoisotopic (exact) mass is 741 g/mol. The molecule has 1 aliphatic rings. The number of sulfonamides is 1. The molecule has 0 aliphatic carbocycles. The number of nitrogens with two attached hydrogens (primary N) is 1. The van der Waals surface area contributed by atoms with E-state index in [0.717, 1.165) is 16.4 Å². The number of urea groups is 1. The lowest BCUT2D eigenvalue weighted by molar-refractivity contribution is 0.222. The molecule has 1 atom stereocenters. The molecule has 0 saturated carbocycles. The minimum Gasteiger partial charge on any atom is -0.399 e. The number of unbranched alkanes of at least 4 members (excludes halogenated alkanes) is 1. The van der Waals surface area contributed by atoms with Gasteiger partial charge in [-0.1, -0.05) is 19.6 Å². The molecule has 1 fully saturated rings. The van der Waals surface area contributed by atoms with Gasteiger partial charge >= 0.3 is 6.03 Å². The Morgan fingerprint density at radius 3 is 2.52 bits per heavy atom. The zero-order valence-electron chi connectivity index (χ0n) is 23.0. The van der Waals surface area contributed by atoms with E-state index in [1.165, 1.54) is 12.1 Å². The third-order valence-electron chi connectivity index (χ3n) is 6.14. The van der Waals surface area contributed by atoms with Gasteiger partial charge in [-0.25, -0.2) is 22.4 Å². The maximum atomic E-state index is 14.3. The summed E-state index contributed by atoms with van der Waals surface area (Å²) in [5, 5.41) is 6.12. The lowest BCUT2D eigenvalue weighted by atomic mass is 10.3. The normalized spacial score (nSPS) is 15.5. The summed E-state index contributed by atoms with van der Waals surface area (Å²) in [5.74, 6) is 0.440. The fraction of sp³-hybridized carbons (Fsp3) is 0.542. The number of aromatic nitrogens is 2. The standard InChI is InChI=1S/C24H37ClIN7O4S2Si/c1-40(2,3)13-12-39(36,37)32-38(35,11-7-4-8-28-22-21(26)17-29-23(25)31-22)20-15-18(27)14-19(16-20)30-24(34)33-9-5-6-10-33/h14-17H,4-13,27H2,1-3H3,(H,30,34)(H,28,29,31). The largest absolute Gasteiger partial charge is 0.399 e. The van der Waals surface area contributed by atoms with Gasteiger partial charge in [0, 0.05) is 51.0 Å². The van der Waals surface area contributed by atoms with Crippen molar-refractivity contribution in [3.05, 3.63) is 33.2 Å². The number of likely N-dealkylation sites (tertiary alicyclic amines) is 1. The second kappa shape index (κ2) is 14.0. The first-order chi connectivity index (χ1) is 18.7. The molecule has 2 heterocycles. The fourth-order valence-electron chi connectivity index (χ4n) is 3.95. The van der Waals surface area contributed by atoms with Crippen LogP contribution in [-0.4, -0.2) is 72.7 Å². The van der Waals surface area contributed by atoms with Gasteiger partial charge in [-0.05, 0) is 84.1 Å². The van der Waals surface area contributed by atoms with E-state index in [4.69, 9.17) is 17.3 Å². The third-order valence-corrected chi connectivity index (χ3v) is 13.6. The van der Waals surface area contributed by atoms with Gasteiger partial charge < -0.3 is 21.3 Å². The van der Waals surface area contributed by atoms with Crippen molar-refractivity contribution in [1.82, 2.24) is 14.9 Å². The minimum absolute atomic E-state index is 0.00540. The van der Waals surface area contributed by atoms with Crippen molar-refractivity contribution in [3.8, 4) is 0 Å². The molecule has 40 heavy (non-hydrogen) atoms. The SMILES string of the molecule is C[Si](C)(C)CCS(=O)(=O)N=S(=O)(CCCCNc1nc(Cl)ncc1I)c1cc(N)cc(NC(=O)N2CCCC2)c1. The van der Waals surface area contributed by atoms with Crippen LogP contribution < -0.4 is 16.4 Å². The average Bonchev–Trinajstić information content (AvgIpc) is 3.39. The molecule has 3 rings (SSSR count). The molecule has 2 aromatic rings. The van der Waals surface area contributed by atoms with Crippen LogP contribution in [0.5, 0.6) is 0 Å². The van der Waals surface area contributed by atoms with Gasteiger partial charge in [0.2, 0.25) is 5.28 Å². The van der Waals surface area contributed by atoms with Crippen LogP contribution in [0.3, 0.4) is 0 Å². The molecule has 1 aromatic carbocycles. The molecule has 4 N–H and O–H groups in total. The Morgan fingerprint density at radius 2 is 1.85 bits per heavy atom. The Kier molecular flexibility index (Phi) is 11.5. The molecular weight excluding hydrogens is 705 g/mol. The highest BCUT2D eigenvalue weighted by molar-refractivity contribution is 14.1. The molecule has 11 nitrogen and oxygen atoms in total. The summed E-state index contributed by atoms with van der Waals surface area (Å²) in [6.45, 7) is 8.05. The molecule has 0 radical (unpaired) electrons. The van der Waals surface area contributed by atoms with Crippen molar-refractivity contribution in [2.24, 2.45) is 3.77 Å².